The second kappa shape index (κ2) is 7.54. The van der Waals surface area contributed by atoms with E-state index in [1.165, 1.54) is 0 Å². The van der Waals surface area contributed by atoms with Gasteiger partial charge in [0.05, 0.1) is 25.0 Å². The topological polar surface area (TPSA) is 86.3 Å². The molecule has 1 saturated carbocycles. The lowest BCUT2D eigenvalue weighted by Crippen LogP contribution is -2.30. The first-order chi connectivity index (χ1) is 15.0. The fourth-order valence-corrected chi connectivity index (χ4v) is 3.89. The summed E-state index contributed by atoms with van der Waals surface area (Å²) in [5.41, 5.74) is 4.87. The smallest absolute Gasteiger partial charge is 0.272 e. The Hall–Kier alpha value is -3.68. The molecule has 8 nitrogen and oxygen atoms in total. The van der Waals surface area contributed by atoms with Gasteiger partial charge in [-0.15, -0.1) is 0 Å². The zero-order valence-electron chi connectivity index (χ0n) is 17.7. The molecule has 31 heavy (non-hydrogen) atoms. The van der Waals surface area contributed by atoms with Crippen molar-refractivity contribution in [1.82, 2.24) is 29.7 Å². The molecule has 1 amide bonds. The molecule has 0 aliphatic heterocycles. The van der Waals surface area contributed by atoms with Crippen molar-refractivity contribution in [2.45, 2.75) is 25.8 Å². The van der Waals surface area contributed by atoms with Gasteiger partial charge in [0.2, 0.25) is 0 Å². The summed E-state index contributed by atoms with van der Waals surface area (Å²) in [7, 11) is 3.55. The van der Waals surface area contributed by atoms with Crippen LogP contribution in [0.25, 0.3) is 16.9 Å². The fourth-order valence-electron chi connectivity index (χ4n) is 3.89. The van der Waals surface area contributed by atoms with Crippen LogP contribution < -0.4 is 10.1 Å². The van der Waals surface area contributed by atoms with E-state index >= 15 is 0 Å². The van der Waals surface area contributed by atoms with E-state index in [9.17, 15) is 4.79 Å². The first-order valence-electron chi connectivity index (χ1n) is 10.3. The highest BCUT2D eigenvalue weighted by Crippen LogP contribution is 2.41. The molecule has 1 N–H and O–H groups in total. The van der Waals surface area contributed by atoms with Crippen LogP contribution in [0.5, 0.6) is 5.75 Å². The zero-order valence-corrected chi connectivity index (χ0v) is 17.7. The minimum absolute atomic E-state index is 0.0452. The molecule has 3 heterocycles. The van der Waals surface area contributed by atoms with Gasteiger partial charge in [0.1, 0.15) is 5.75 Å². The molecule has 0 spiro atoms. The van der Waals surface area contributed by atoms with Crippen molar-refractivity contribution in [1.29, 1.82) is 0 Å². The maximum absolute atomic E-state index is 13.1. The average molecular weight is 416 g/mol. The summed E-state index contributed by atoms with van der Waals surface area (Å²) in [5, 5.41) is 12.1. The fraction of sp³-hybridized carbons (Fsp3) is 0.304. The van der Waals surface area contributed by atoms with Gasteiger partial charge in [0.15, 0.2) is 11.3 Å². The van der Waals surface area contributed by atoms with Gasteiger partial charge in [0.25, 0.3) is 5.91 Å². The maximum atomic E-state index is 13.1. The quantitative estimate of drug-likeness (QED) is 0.521. The van der Waals surface area contributed by atoms with E-state index in [0.717, 1.165) is 41.1 Å². The Labute approximate surface area is 179 Å². The molecule has 1 unspecified atom stereocenters. The van der Waals surface area contributed by atoms with Gasteiger partial charge in [-0.3, -0.25) is 9.48 Å². The summed E-state index contributed by atoms with van der Waals surface area (Å²) in [6.07, 6.45) is 5.74. The van der Waals surface area contributed by atoms with Gasteiger partial charge in [-0.1, -0.05) is 12.1 Å². The van der Waals surface area contributed by atoms with Crippen LogP contribution in [-0.4, -0.2) is 37.4 Å². The molecule has 5 rings (SSSR count). The van der Waals surface area contributed by atoms with E-state index in [1.807, 2.05) is 49.0 Å². The number of aromatic nitrogens is 5. The molecule has 1 aliphatic rings. The summed E-state index contributed by atoms with van der Waals surface area (Å²) < 4.78 is 8.77. The number of hydrogen-bond acceptors (Lipinski definition) is 5. The lowest BCUT2D eigenvalue weighted by molar-refractivity contribution is 0.0926. The maximum Gasteiger partial charge on any atom is 0.272 e. The number of carbonyl (C=O) groups is 1. The normalized spacial score (nSPS) is 14.5. The first kappa shape index (κ1) is 19.3. The number of aryl methyl sites for hydroxylation is 1. The summed E-state index contributed by atoms with van der Waals surface area (Å²) in [6.45, 7) is 2.00. The van der Waals surface area contributed by atoms with Gasteiger partial charge >= 0.3 is 0 Å². The van der Waals surface area contributed by atoms with E-state index in [1.54, 1.807) is 30.1 Å². The summed E-state index contributed by atoms with van der Waals surface area (Å²) in [5.74, 6) is 1.04. The predicted molar refractivity (Wildman–Crippen MR) is 116 cm³/mol. The Morgan fingerprint density at radius 3 is 2.65 bits per heavy atom. The van der Waals surface area contributed by atoms with Gasteiger partial charge in [0, 0.05) is 30.6 Å². The summed E-state index contributed by atoms with van der Waals surface area (Å²) in [6, 6.07) is 11.4. The van der Waals surface area contributed by atoms with Crippen LogP contribution in [0.2, 0.25) is 0 Å². The van der Waals surface area contributed by atoms with Crippen molar-refractivity contribution in [2.75, 3.05) is 7.11 Å². The number of nitrogens with zero attached hydrogens (tertiary/aromatic N) is 5. The number of fused-ring (bicyclic) bond motifs is 1. The molecule has 4 aromatic rings. The third-order valence-corrected chi connectivity index (χ3v) is 5.96. The Balaban J connectivity index is 1.45. The number of hydrogen-bond donors (Lipinski definition) is 1. The van der Waals surface area contributed by atoms with E-state index in [4.69, 9.17) is 4.74 Å². The molecule has 1 fully saturated rings. The zero-order chi connectivity index (χ0) is 21.5. The van der Waals surface area contributed by atoms with Crippen LogP contribution >= 0.6 is 0 Å². The molecule has 158 valence electrons. The number of amides is 1. The van der Waals surface area contributed by atoms with Crippen molar-refractivity contribution in [2.24, 2.45) is 13.0 Å². The van der Waals surface area contributed by atoms with Crippen LogP contribution in [0.1, 0.15) is 40.6 Å². The molecule has 0 bridgehead atoms. The number of benzene rings is 1. The average Bonchev–Trinajstić information content (AvgIpc) is 3.45. The van der Waals surface area contributed by atoms with Crippen molar-refractivity contribution in [3.8, 4) is 17.0 Å². The molecular weight excluding hydrogens is 392 g/mol. The second-order valence-corrected chi connectivity index (χ2v) is 7.96. The van der Waals surface area contributed by atoms with Crippen molar-refractivity contribution in [3.63, 3.8) is 0 Å². The van der Waals surface area contributed by atoms with Crippen LogP contribution in [0.15, 0.2) is 48.8 Å². The Kier molecular flexibility index (Phi) is 4.69. The van der Waals surface area contributed by atoms with Gasteiger partial charge in [-0.25, -0.2) is 9.50 Å². The molecule has 3 aromatic heterocycles. The number of nitrogens with one attached hydrogen (secondary N) is 1. The molecular formula is C23H24N6O2. The van der Waals surface area contributed by atoms with Gasteiger partial charge < -0.3 is 10.1 Å². The third kappa shape index (κ3) is 3.54. The predicted octanol–water partition coefficient (Wildman–Crippen LogP) is 3.33. The number of ether oxygens (including phenoxy) is 1. The Morgan fingerprint density at radius 1 is 1.23 bits per heavy atom. The molecule has 0 saturated heterocycles. The molecule has 8 heteroatoms. The number of rotatable bonds is 6. The first-order valence-corrected chi connectivity index (χ1v) is 10.3. The monoisotopic (exact) mass is 416 g/mol. The van der Waals surface area contributed by atoms with Crippen LogP contribution in [0, 0.1) is 12.8 Å². The van der Waals surface area contributed by atoms with Crippen molar-refractivity contribution in [3.05, 3.63) is 65.7 Å². The van der Waals surface area contributed by atoms with Crippen LogP contribution in [0.4, 0.5) is 0 Å². The largest absolute Gasteiger partial charge is 0.497 e. The number of carbonyl (C=O) groups excluding carboxylic acids is 1. The van der Waals surface area contributed by atoms with Crippen LogP contribution in [0.3, 0.4) is 0 Å². The minimum atomic E-state index is -0.202. The SMILES string of the molecule is COc1ccc(C(NC(=O)c2cc3nccc(-c4cnn(C)c4C)n3n2)C2CC2)cc1. The third-order valence-electron chi connectivity index (χ3n) is 5.96. The molecule has 0 radical (unpaired) electrons. The highest BCUT2D eigenvalue weighted by atomic mass is 16.5. The lowest BCUT2D eigenvalue weighted by atomic mass is 10.0. The highest BCUT2D eigenvalue weighted by molar-refractivity contribution is 5.93. The van der Waals surface area contributed by atoms with E-state index < -0.39 is 0 Å². The Bertz CT molecular complexity index is 1250. The van der Waals surface area contributed by atoms with Crippen molar-refractivity contribution >= 4 is 11.6 Å². The van der Waals surface area contributed by atoms with E-state index in [0.29, 0.717) is 17.3 Å². The summed E-state index contributed by atoms with van der Waals surface area (Å²) >= 11 is 0. The molecule has 1 aliphatic carbocycles. The minimum Gasteiger partial charge on any atom is -0.497 e. The standard InChI is InChI=1S/C23H24N6O2/c1-14-18(13-25-28(14)2)20-10-11-24-21-12-19(27-29(20)21)23(30)26-22(15-4-5-15)16-6-8-17(31-3)9-7-16/h6-13,15,22H,4-5H2,1-3H3,(H,26,30). The van der Waals surface area contributed by atoms with Crippen LogP contribution in [-0.2, 0) is 7.05 Å². The lowest BCUT2D eigenvalue weighted by Gasteiger charge is -2.18. The summed E-state index contributed by atoms with van der Waals surface area (Å²) in [4.78, 5) is 17.5. The second-order valence-electron chi connectivity index (χ2n) is 7.96. The Morgan fingerprint density at radius 2 is 2.00 bits per heavy atom. The van der Waals surface area contributed by atoms with Gasteiger partial charge in [-0.05, 0) is 49.4 Å². The highest BCUT2D eigenvalue weighted by Gasteiger charge is 2.34. The van der Waals surface area contributed by atoms with E-state index in [2.05, 4.69) is 20.5 Å². The molecule has 1 aromatic carbocycles. The number of methoxy groups -OCH3 is 1. The van der Waals surface area contributed by atoms with Crippen molar-refractivity contribution < 1.29 is 9.53 Å². The van der Waals surface area contributed by atoms with Gasteiger partial charge in [-0.2, -0.15) is 10.2 Å². The molecule has 1 atom stereocenters. The van der Waals surface area contributed by atoms with E-state index in [-0.39, 0.29) is 11.9 Å².